The molecule has 1 N–H and O–H groups in total. The first-order valence-electron chi connectivity index (χ1n) is 7.65. The van der Waals surface area contributed by atoms with Crippen LogP contribution in [-0.2, 0) is 11.3 Å². The second-order valence-corrected chi connectivity index (χ2v) is 6.41. The summed E-state index contributed by atoms with van der Waals surface area (Å²) in [4.78, 5) is 2.27. The summed E-state index contributed by atoms with van der Waals surface area (Å²) in [5.74, 6) is 0.907. The van der Waals surface area contributed by atoms with Crippen LogP contribution in [0.15, 0.2) is 18.2 Å². The van der Waals surface area contributed by atoms with Crippen molar-refractivity contribution in [3.63, 3.8) is 0 Å². The highest BCUT2D eigenvalue weighted by atomic mass is 35.5. The molecule has 2 fully saturated rings. The Hall–Kier alpha value is -0.810. The molecule has 1 aromatic carbocycles. The number of nitrogens with one attached hydrogen (secondary N) is 1. The normalized spacial score (nSPS) is 23.2. The lowest BCUT2D eigenvalue weighted by Crippen LogP contribution is -2.42. The Bertz CT molecular complexity index is 479. The predicted octanol–water partition coefficient (Wildman–Crippen LogP) is 2.30. The molecule has 1 aromatic rings. The van der Waals surface area contributed by atoms with Crippen LogP contribution in [0.1, 0.15) is 18.4 Å². The standard InChI is InChI=1S/C16H23ClN2O2/c1-19-6-7-20-15(10-19)11-21-16-5-2-13(17)8-12(16)9-18-14-3-4-14/h2,5,8,14-15,18H,3-4,6-7,9-11H2,1H3. The van der Waals surface area contributed by atoms with Gasteiger partial charge in [0.2, 0.25) is 0 Å². The number of hydrogen-bond donors (Lipinski definition) is 1. The van der Waals surface area contributed by atoms with Crippen molar-refractivity contribution in [2.45, 2.75) is 31.5 Å². The summed E-state index contributed by atoms with van der Waals surface area (Å²) in [6, 6.07) is 6.50. The van der Waals surface area contributed by atoms with Gasteiger partial charge >= 0.3 is 0 Å². The lowest BCUT2D eigenvalue weighted by molar-refractivity contribution is -0.0404. The molecular weight excluding hydrogens is 288 g/mol. The van der Waals surface area contributed by atoms with E-state index in [9.17, 15) is 0 Å². The van der Waals surface area contributed by atoms with Crippen LogP contribution in [0.2, 0.25) is 5.02 Å². The molecule has 2 aliphatic rings. The summed E-state index contributed by atoms with van der Waals surface area (Å²) in [7, 11) is 2.11. The first-order chi connectivity index (χ1) is 10.2. The molecule has 1 saturated heterocycles. The maximum Gasteiger partial charge on any atom is 0.124 e. The number of rotatable bonds is 6. The van der Waals surface area contributed by atoms with Crippen LogP contribution in [-0.4, -0.2) is 50.4 Å². The molecule has 0 spiro atoms. The molecule has 1 heterocycles. The van der Waals surface area contributed by atoms with Crippen molar-refractivity contribution in [2.24, 2.45) is 0 Å². The number of hydrogen-bond acceptors (Lipinski definition) is 4. The van der Waals surface area contributed by atoms with Crippen LogP contribution in [0, 0.1) is 0 Å². The van der Waals surface area contributed by atoms with Crippen LogP contribution in [0.4, 0.5) is 0 Å². The van der Waals surface area contributed by atoms with Gasteiger partial charge in [-0.3, -0.25) is 0 Å². The fourth-order valence-corrected chi connectivity index (χ4v) is 2.71. The molecule has 1 atom stereocenters. The van der Waals surface area contributed by atoms with Gasteiger partial charge in [-0.05, 0) is 38.1 Å². The van der Waals surface area contributed by atoms with Crippen molar-refractivity contribution >= 4 is 11.6 Å². The van der Waals surface area contributed by atoms with E-state index in [0.717, 1.165) is 42.6 Å². The number of likely N-dealkylation sites (N-methyl/N-ethyl adjacent to an activating group) is 1. The van der Waals surface area contributed by atoms with E-state index in [4.69, 9.17) is 21.1 Å². The summed E-state index contributed by atoms with van der Waals surface area (Å²) in [6.07, 6.45) is 2.70. The van der Waals surface area contributed by atoms with Gasteiger partial charge < -0.3 is 19.7 Å². The summed E-state index contributed by atoms with van der Waals surface area (Å²) < 4.78 is 11.7. The maximum absolute atomic E-state index is 6.10. The van der Waals surface area contributed by atoms with Gasteiger partial charge in [0, 0.05) is 36.3 Å². The lowest BCUT2D eigenvalue weighted by Gasteiger charge is -2.30. The van der Waals surface area contributed by atoms with E-state index in [-0.39, 0.29) is 6.10 Å². The summed E-state index contributed by atoms with van der Waals surface area (Å²) >= 11 is 6.10. The Morgan fingerprint density at radius 3 is 3.05 bits per heavy atom. The van der Waals surface area contributed by atoms with Crippen molar-refractivity contribution in [1.82, 2.24) is 10.2 Å². The van der Waals surface area contributed by atoms with Crippen LogP contribution in [0.3, 0.4) is 0 Å². The van der Waals surface area contributed by atoms with Gasteiger partial charge in [0.05, 0.1) is 6.61 Å². The van der Waals surface area contributed by atoms with E-state index in [1.807, 2.05) is 18.2 Å². The van der Waals surface area contributed by atoms with E-state index in [1.165, 1.54) is 12.8 Å². The molecule has 0 radical (unpaired) electrons. The highest BCUT2D eigenvalue weighted by Crippen LogP contribution is 2.25. The average Bonchev–Trinajstić information content (AvgIpc) is 3.28. The van der Waals surface area contributed by atoms with Gasteiger partial charge in [-0.2, -0.15) is 0 Å². The third kappa shape index (κ3) is 4.58. The molecule has 116 valence electrons. The summed E-state index contributed by atoms with van der Waals surface area (Å²) in [6.45, 7) is 4.09. The van der Waals surface area contributed by atoms with Gasteiger partial charge in [0.1, 0.15) is 18.5 Å². The lowest BCUT2D eigenvalue weighted by atomic mass is 10.2. The Morgan fingerprint density at radius 1 is 1.43 bits per heavy atom. The summed E-state index contributed by atoms with van der Waals surface area (Å²) in [5.41, 5.74) is 1.12. The highest BCUT2D eigenvalue weighted by Gasteiger charge is 2.21. The zero-order chi connectivity index (χ0) is 14.7. The van der Waals surface area contributed by atoms with Gasteiger partial charge in [-0.1, -0.05) is 11.6 Å². The molecule has 0 amide bonds. The predicted molar refractivity (Wildman–Crippen MR) is 84.0 cm³/mol. The first-order valence-corrected chi connectivity index (χ1v) is 8.03. The zero-order valence-electron chi connectivity index (χ0n) is 12.5. The molecular formula is C16H23ClN2O2. The average molecular weight is 311 g/mol. The highest BCUT2D eigenvalue weighted by molar-refractivity contribution is 6.30. The SMILES string of the molecule is CN1CCOC(COc2ccc(Cl)cc2CNC2CC2)C1. The largest absolute Gasteiger partial charge is 0.490 e. The van der Waals surface area contributed by atoms with Gasteiger partial charge in [-0.25, -0.2) is 0 Å². The minimum atomic E-state index is 0.142. The van der Waals surface area contributed by atoms with Crippen LogP contribution >= 0.6 is 11.6 Å². The number of nitrogens with zero attached hydrogens (tertiary/aromatic N) is 1. The van der Waals surface area contributed by atoms with Crippen LogP contribution in [0.25, 0.3) is 0 Å². The second-order valence-electron chi connectivity index (χ2n) is 5.97. The van der Waals surface area contributed by atoms with Crippen molar-refractivity contribution in [2.75, 3.05) is 33.4 Å². The Morgan fingerprint density at radius 2 is 2.29 bits per heavy atom. The van der Waals surface area contributed by atoms with Crippen molar-refractivity contribution in [3.05, 3.63) is 28.8 Å². The second kappa shape index (κ2) is 6.97. The van der Waals surface area contributed by atoms with E-state index in [2.05, 4.69) is 17.3 Å². The van der Waals surface area contributed by atoms with E-state index >= 15 is 0 Å². The Balaban J connectivity index is 1.57. The molecule has 1 unspecified atom stereocenters. The van der Waals surface area contributed by atoms with E-state index in [1.54, 1.807) is 0 Å². The molecule has 5 heteroatoms. The molecule has 0 bridgehead atoms. The van der Waals surface area contributed by atoms with Gasteiger partial charge in [-0.15, -0.1) is 0 Å². The number of ether oxygens (including phenoxy) is 2. The molecule has 1 aliphatic heterocycles. The van der Waals surface area contributed by atoms with Gasteiger partial charge in [0.25, 0.3) is 0 Å². The fraction of sp³-hybridized carbons (Fsp3) is 0.625. The minimum Gasteiger partial charge on any atom is -0.490 e. The minimum absolute atomic E-state index is 0.142. The number of halogens is 1. The molecule has 1 saturated carbocycles. The van der Waals surface area contributed by atoms with Crippen LogP contribution in [0.5, 0.6) is 5.75 Å². The molecule has 21 heavy (non-hydrogen) atoms. The van der Waals surface area contributed by atoms with Crippen molar-refractivity contribution in [1.29, 1.82) is 0 Å². The van der Waals surface area contributed by atoms with Crippen molar-refractivity contribution in [3.8, 4) is 5.75 Å². The Kier molecular flexibility index (Phi) is 5.01. The van der Waals surface area contributed by atoms with Crippen LogP contribution < -0.4 is 10.1 Å². The number of morpholine rings is 1. The van der Waals surface area contributed by atoms with Gasteiger partial charge in [0.15, 0.2) is 0 Å². The molecule has 1 aliphatic carbocycles. The third-order valence-corrected chi connectivity index (χ3v) is 4.18. The smallest absolute Gasteiger partial charge is 0.124 e. The zero-order valence-corrected chi connectivity index (χ0v) is 13.2. The first kappa shape index (κ1) is 15.1. The third-order valence-electron chi connectivity index (χ3n) is 3.95. The van der Waals surface area contributed by atoms with E-state index in [0.29, 0.717) is 12.6 Å². The summed E-state index contributed by atoms with van der Waals surface area (Å²) in [5, 5.41) is 4.26. The molecule has 0 aromatic heterocycles. The van der Waals surface area contributed by atoms with Crippen molar-refractivity contribution < 1.29 is 9.47 Å². The molecule has 4 nitrogen and oxygen atoms in total. The Labute approximate surface area is 131 Å². The maximum atomic E-state index is 6.10. The molecule has 3 rings (SSSR count). The topological polar surface area (TPSA) is 33.7 Å². The quantitative estimate of drug-likeness (QED) is 0.874. The fourth-order valence-electron chi connectivity index (χ4n) is 2.52. The monoisotopic (exact) mass is 310 g/mol. The van der Waals surface area contributed by atoms with E-state index < -0.39 is 0 Å². The number of benzene rings is 1.